The Balaban J connectivity index is 2.25. The normalized spacial score (nSPS) is 11.9. The fourth-order valence-electron chi connectivity index (χ4n) is 2.62. The van der Waals surface area contributed by atoms with Crippen LogP contribution in [0.1, 0.15) is 19.6 Å². The van der Waals surface area contributed by atoms with E-state index in [1.54, 1.807) is 0 Å². The van der Waals surface area contributed by atoms with Crippen molar-refractivity contribution in [2.24, 2.45) is 0 Å². The number of hydrogen-bond acceptors (Lipinski definition) is 4. The van der Waals surface area contributed by atoms with Crippen molar-refractivity contribution < 1.29 is 27.4 Å². The first kappa shape index (κ1) is 17.8. The van der Waals surface area contributed by atoms with E-state index >= 15 is 0 Å². The zero-order chi connectivity index (χ0) is 19.1. The lowest BCUT2D eigenvalue weighted by Crippen LogP contribution is -2.16. The minimum absolute atomic E-state index is 0.0479. The van der Waals surface area contributed by atoms with Crippen molar-refractivity contribution in [1.82, 2.24) is 0 Å². The molecule has 0 aliphatic rings. The Hall–Kier alpha value is -2.96. The van der Waals surface area contributed by atoms with Crippen LogP contribution in [0.4, 0.5) is 13.2 Å². The first-order valence-electron chi connectivity index (χ1n) is 7.81. The van der Waals surface area contributed by atoms with Crippen LogP contribution in [0.5, 0.6) is 11.5 Å². The van der Waals surface area contributed by atoms with Crippen molar-refractivity contribution in [1.29, 1.82) is 0 Å². The van der Waals surface area contributed by atoms with E-state index in [1.807, 2.05) is 13.8 Å². The van der Waals surface area contributed by atoms with Crippen LogP contribution in [0.2, 0.25) is 0 Å². The van der Waals surface area contributed by atoms with Crippen LogP contribution in [0, 0.1) is 0 Å². The van der Waals surface area contributed by atoms with Crippen LogP contribution in [0.3, 0.4) is 0 Å². The lowest BCUT2D eigenvalue weighted by molar-refractivity contribution is -0.152. The van der Waals surface area contributed by atoms with E-state index in [1.165, 1.54) is 36.4 Å². The number of hydrogen-bond donors (Lipinski definition) is 1. The second-order valence-electron chi connectivity index (χ2n) is 6.00. The predicted octanol–water partition coefficient (Wildman–Crippen LogP) is 4.97. The number of phenols is 1. The molecule has 26 heavy (non-hydrogen) atoms. The molecule has 0 aliphatic heterocycles. The molecule has 7 heteroatoms. The van der Waals surface area contributed by atoms with Gasteiger partial charge in [0.1, 0.15) is 17.1 Å². The average molecular weight is 364 g/mol. The van der Waals surface area contributed by atoms with Crippen molar-refractivity contribution in [3.05, 3.63) is 58.4 Å². The number of halogens is 3. The summed E-state index contributed by atoms with van der Waals surface area (Å²) in [6, 6.07) is 9.18. The average Bonchev–Trinajstić information content (AvgIpc) is 2.54. The smallest absolute Gasteiger partial charge is 0.450 e. The lowest BCUT2D eigenvalue weighted by Gasteiger charge is -2.14. The summed E-state index contributed by atoms with van der Waals surface area (Å²) in [5.74, 6) is -1.22. The third-order valence-corrected chi connectivity index (χ3v) is 3.65. The molecular weight excluding hydrogens is 349 g/mol. The van der Waals surface area contributed by atoms with E-state index in [0.717, 1.165) is 6.07 Å². The van der Waals surface area contributed by atoms with Crippen LogP contribution in [-0.4, -0.2) is 11.2 Å². The summed E-state index contributed by atoms with van der Waals surface area (Å²) >= 11 is 0. The quantitative estimate of drug-likeness (QED) is 0.713. The Morgan fingerprint density at radius 2 is 1.73 bits per heavy atom. The number of benzene rings is 2. The Labute approximate surface area is 146 Å². The summed E-state index contributed by atoms with van der Waals surface area (Å²) < 4.78 is 50.8. The van der Waals surface area contributed by atoms with Crippen LogP contribution < -0.4 is 10.2 Å². The van der Waals surface area contributed by atoms with Gasteiger partial charge in [0.2, 0.25) is 11.2 Å². The van der Waals surface area contributed by atoms with Crippen LogP contribution in [-0.2, 0) is 6.18 Å². The minimum Gasteiger partial charge on any atom is -0.508 e. The Bertz CT molecular complexity index is 1000. The van der Waals surface area contributed by atoms with Gasteiger partial charge in [-0.05, 0) is 43.7 Å². The molecule has 0 radical (unpaired) electrons. The highest BCUT2D eigenvalue weighted by atomic mass is 19.4. The molecule has 0 unspecified atom stereocenters. The van der Waals surface area contributed by atoms with Crippen molar-refractivity contribution in [3.63, 3.8) is 0 Å². The topological polar surface area (TPSA) is 59.7 Å². The van der Waals surface area contributed by atoms with Gasteiger partial charge in [-0.15, -0.1) is 0 Å². The Morgan fingerprint density at radius 3 is 2.31 bits per heavy atom. The minimum atomic E-state index is -4.87. The zero-order valence-corrected chi connectivity index (χ0v) is 13.9. The van der Waals surface area contributed by atoms with E-state index in [4.69, 9.17) is 9.15 Å². The largest absolute Gasteiger partial charge is 0.508 e. The molecule has 136 valence electrons. The maximum Gasteiger partial charge on any atom is 0.450 e. The fourth-order valence-corrected chi connectivity index (χ4v) is 2.62. The predicted molar refractivity (Wildman–Crippen MR) is 90.4 cm³/mol. The molecule has 1 N–H and O–H groups in total. The molecule has 0 saturated heterocycles. The van der Waals surface area contributed by atoms with Gasteiger partial charge in [0.25, 0.3) is 0 Å². The summed E-state index contributed by atoms with van der Waals surface area (Å²) in [7, 11) is 0. The molecule has 3 aromatic rings. The molecule has 1 aromatic heterocycles. The van der Waals surface area contributed by atoms with Crippen molar-refractivity contribution in [2.45, 2.75) is 26.1 Å². The summed E-state index contributed by atoms with van der Waals surface area (Å²) in [5, 5.41) is 9.40. The van der Waals surface area contributed by atoms with Gasteiger partial charge >= 0.3 is 6.18 Å². The third-order valence-electron chi connectivity index (χ3n) is 3.65. The molecular formula is C19H15F3O4. The van der Waals surface area contributed by atoms with Gasteiger partial charge in [-0.2, -0.15) is 13.2 Å². The summed E-state index contributed by atoms with van der Waals surface area (Å²) in [4.78, 5) is 12.7. The Morgan fingerprint density at radius 1 is 1.08 bits per heavy atom. The number of ether oxygens (including phenoxy) is 1. The fraction of sp³-hybridized carbons (Fsp3) is 0.211. The highest BCUT2D eigenvalue weighted by Gasteiger charge is 2.39. The molecule has 0 spiro atoms. The number of phenolic OH excluding ortho intramolecular Hbond substituents is 1. The second-order valence-corrected chi connectivity index (χ2v) is 6.00. The number of aromatic hydroxyl groups is 1. The SMILES string of the molecule is CC(C)Oc1ccc(-c2c(C(F)(F)F)oc3cc(O)ccc3c2=O)cc1. The van der Waals surface area contributed by atoms with Crippen molar-refractivity contribution >= 4 is 11.0 Å². The zero-order valence-electron chi connectivity index (χ0n) is 13.9. The van der Waals surface area contributed by atoms with Crippen LogP contribution in [0.15, 0.2) is 51.7 Å². The lowest BCUT2D eigenvalue weighted by atomic mass is 10.0. The van der Waals surface area contributed by atoms with Gasteiger partial charge in [-0.3, -0.25) is 4.79 Å². The molecule has 4 nitrogen and oxygen atoms in total. The highest BCUT2D eigenvalue weighted by Crippen LogP contribution is 2.38. The van der Waals surface area contributed by atoms with E-state index in [0.29, 0.717) is 5.75 Å². The first-order chi connectivity index (χ1) is 12.2. The number of fused-ring (bicyclic) bond motifs is 1. The summed E-state index contributed by atoms with van der Waals surface area (Å²) in [5.41, 5.74) is -1.66. The Kier molecular flexibility index (Phi) is 4.39. The molecule has 0 bridgehead atoms. The molecule has 1 heterocycles. The standard InChI is InChI=1S/C19H15F3O4/c1-10(2)25-13-6-3-11(4-7-13)16-17(24)14-8-5-12(23)9-15(14)26-18(16)19(20,21)22/h3-10,23H,1-2H3. The van der Waals surface area contributed by atoms with Crippen LogP contribution in [0.25, 0.3) is 22.1 Å². The molecule has 0 fully saturated rings. The van der Waals surface area contributed by atoms with Gasteiger partial charge in [-0.1, -0.05) is 12.1 Å². The summed E-state index contributed by atoms with van der Waals surface area (Å²) in [6.45, 7) is 3.64. The molecule has 3 rings (SSSR count). The maximum absolute atomic E-state index is 13.5. The maximum atomic E-state index is 13.5. The van der Waals surface area contributed by atoms with E-state index in [2.05, 4.69) is 0 Å². The monoisotopic (exact) mass is 364 g/mol. The van der Waals surface area contributed by atoms with Gasteiger partial charge < -0.3 is 14.3 Å². The van der Waals surface area contributed by atoms with Gasteiger partial charge in [0.15, 0.2) is 0 Å². The highest BCUT2D eigenvalue weighted by molar-refractivity contribution is 5.84. The van der Waals surface area contributed by atoms with E-state index in [-0.39, 0.29) is 28.4 Å². The van der Waals surface area contributed by atoms with Crippen molar-refractivity contribution in [2.75, 3.05) is 0 Å². The second kappa shape index (κ2) is 6.40. The first-order valence-corrected chi connectivity index (χ1v) is 7.81. The van der Waals surface area contributed by atoms with E-state index in [9.17, 15) is 23.1 Å². The van der Waals surface area contributed by atoms with Gasteiger partial charge in [0.05, 0.1) is 17.1 Å². The molecule has 0 saturated carbocycles. The number of rotatable bonds is 3. The third kappa shape index (κ3) is 3.37. The van der Waals surface area contributed by atoms with E-state index < -0.39 is 22.9 Å². The van der Waals surface area contributed by atoms with Gasteiger partial charge in [-0.25, -0.2) is 0 Å². The van der Waals surface area contributed by atoms with Gasteiger partial charge in [0, 0.05) is 6.07 Å². The molecule has 2 aromatic carbocycles. The molecule has 0 aliphatic carbocycles. The summed E-state index contributed by atoms with van der Waals surface area (Å²) in [6.07, 6.45) is -4.97. The molecule has 0 atom stereocenters. The molecule has 0 amide bonds. The van der Waals surface area contributed by atoms with Crippen molar-refractivity contribution in [3.8, 4) is 22.6 Å². The van der Waals surface area contributed by atoms with Crippen LogP contribution >= 0.6 is 0 Å². The number of alkyl halides is 3.